The number of carbonyl (C=O) groups excluding carboxylic acids is 1. The summed E-state index contributed by atoms with van der Waals surface area (Å²) >= 11 is 3.52. The molecular weight excluding hydrogens is 413 g/mol. The fraction of sp³-hybridized carbons (Fsp3) is 0.350. The highest BCUT2D eigenvalue weighted by Gasteiger charge is 2.47. The highest BCUT2D eigenvalue weighted by molar-refractivity contribution is 9.10. The summed E-state index contributed by atoms with van der Waals surface area (Å²) in [4.78, 5) is 16.8. The van der Waals surface area contributed by atoms with Crippen LogP contribution in [0.1, 0.15) is 18.0 Å². The van der Waals surface area contributed by atoms with Gasteiger partial charge >= 0.3 is 6.03 Å². The van der Waals surface area contributed by atoms with Gasteiger partial charge in [0.2, 0.25) is 0 Å². The van der Waals surface area contributed by atoms with Crippen LogP contribution in [0.25, 0.3) is 0 Å². The van der Waals surface area contributed by atoms with E-state index in [1.807, 2.05) is 25.2 Å². The third-order valence-electron chi connectivity index (χ3n) is 5.69. The number of likely N-dealkylation sites (N-methyl/N-ethyl adjacent to an activating group) is 1. The van der Waals surface area contributed by atoms with E-state index in [-0.39, 0.29) is 36.3 Å². The number of nitrogens with one attached hydrogen (secondary N) is 1. The molecule has 2 aliphatic rings. The Bertz CT molecular complexity index is 878. The maximum atomic E-state index is 14.0. The van der Waals surface area contributed by atoms with Crippen molar-refractivity contribution in [3.63, 3.8) is 0 Å². The van der Waals surface area contributed by atoms with Crippen molar-refractivity contribution in [1.82, 2.24) is 4.90 Å². The molecule has 0 radical (unpaired) electrons. The summed E-state index contributed by atoms with van der Waals surface area (Å²) in [5.74, 6) is -0.338. The average Bonchev–Trinajstić information content (AvgIpc) is 3.09. The number of aliphatic hydroxyl groups excluding tert-OH is 1. The maximum Gasteiger partial charge on any atom is 0.322 e. The molecular formula is C20H21BrFN3O2. The number of rotatable bonds is 2. The summed E-state index contributed by atoms with van der Waals surface area (Å²) in [6.45, 7) is 0.585. The third-order valence-corrected chi connectivity index (χ3v) is 6.18. The van der Waals surface area contributed by atoms with Gasteiger partial charge in [-0.05, 0) is 42.3 Å². The molecule has 27 heavy (non-hydrogen) atoms. The van der Waals surface area contributed by atoms with Crippen LogP contribution in [0.3, 0.4) is 0 Å². The van der Waals surface area contributed by atoms with Crippen LogP contribution in [-0.2, 0) is 0 Å². The second kappa shape index (κ2) is 7.13. The molecule has 142 valence electrons. The predicted molar refractivity (Wildman–Crippen MR) is 106 cm³/mol. The number of nitrogens with zero attached hydrogens (tertiary/aromatic N) is 2. The van der Waals surface area contributed by atoms with Crippen molar-refractivity contribution in [3.8, 4) is 0 Å². The number of halogens is 2. The Hall–Kier alpha value is -2.12. The van der Waals surface area contributed by atoms with Gasteiger partial charge < -0.3 is 20.2 Å². The van der Waals surface area contributed by atoms with Crippen LogP contribution in [0.4, 0.5) is 20.6 Å². The molecule has 0 aromatic heterocycles. The average molecular weight is 434 g/mol. The minimum absolute atomic E-state index is 0.0238. The minimum atomic E-state index is -0.457. The van der Waals surface area contributed by atoms with Crippen LogP contribution in [-0.4, -0.2) is 42.3 Å². The van der Waals surface area contributed by atoms with E-state index in [9.17, 15) is 14.3 Å². The first kappa shape index (κ1) is 18.3. The summed E-state index contributed by atoms with van der Waals surface area (Å²) in [6.07, 6.45) is 0.789. The van der Waals surface area contributed by atoms with E-state index in [1.165, 1.54) is 6.07 Å². The van der Waals surface area contributed by atoms with Crippen LogP contribution in [0, 0.1) is 11.7 Å². The Morgan fingerprint density at radius 3 is 2.85 bits per heavy atom. The van der Waals surface area contributed by atoms with E-state index in [0.29, 0.717) is 6.54 Å². The summed E-state index contributed by atoms with van der Waals surface area (Å²) in [7, 11) is 1.98. The van der Waals surface area contributed by atoms with E-state index in [4.69, 9.17) is 0 Å². The van der Waals surface area contributed by atoms with Crippen molar-refractivity contribution in [3.05, 3.63) is 58.3 Å². The number of anilines is 2. The Balaban J connectivity index is 1.69. The number of aliphatic hydroxyl groups is 1. The van der Waals surface area contributed by atoms with Crippen LogP contribution in [0.2, 0.25) is 0 Å². The molecule has 7 heteroatoms. The highest BCUT2D eigenvalue weighted by atomic mass is 79.9. The van der Waals surface area contributed by atoms with Gasteiger partial charge in [0.25, 0.3) is 0 Å². The predicted octanol–water partition coefficient (Wildman–Crippen LogP) is 3.99. The van der Waals surface area contributed by atoms with Gasteiger partial charge in [0, 0.05) is 29.7 Å². The van der Waals surface area contributed by atoms with Crippen LogP contribution < -0.4 is 10.2 Å². The number of hydrogen-bond acceptors (Lipinski definition) is 3. The first-order valence-corrected chi connectivity index (χ1v) is 9.76. The topological polar surface area (TPSA) is 55.8 Å². The molecule has 2 aliphatic heterocycles. The lowest BCUT2D eigenvalue weighted by molar-refractivity contribution is 0.168. The zero-order chi connectivity index (χ0) is 19.1. The lowest BCUT2D eigenvalue weighted by atomic mass is 9.82. The molecule has 2 amide bonds. The molecule has 5 nitrogen and oxygen atoms in total. The molecule has 3 atom stereocenters. The Morgan fingerprint density at radius 2 is 2.11 bits per heavy atom. The van der Waals surface area contributed by atoms with Crippen LogP contribution in [0.5, 0.6) is 0 Å². The standard InChI is InChI=1S/C20H21BrFN3O2/c1-24-17-7-6-12(21)10-14(17)19-13(18(24)11-26)8-9-25(19)20(27)23-16-5-3-2-4-15(16)22/h2-7,10,13,18-19,26H,8-9,11H2,1H3,(H,23,27)/t13-,18-,19-/m1/s1. The van der Waals surface area contributed by atoms with E-state index in [1.54, 1.807) is 23.1 Å². The molecule has 1 saturated heterocycles. The second-order valence-electron chi connectivity index (χ2n) is 7.06. The first-order chi connectivity index (χ1) is 13.0. The minimum Gasteiger partial charge on any atom is -0.394 e. The number of fused-ring (bicyclic) bond motifs is 3. The van der Waals surface area contributed by atoms with Crippen molar-refractivity contribution in [2.45, 2.75) is 18.5 Å². The summed E-state index contributed by atoms with van der Waals surface area (Å²) < 4.78 is 14.9. The highest BCUT2D eigenvalue weighted by Crippen LogP contribution is 2.49. The zero-order valence-corrected chi connectivity index (χ0v) is 16.5. The van der Waals surface area contributed by atoms with Crippen molar-refractivity contribution in [2.75, 3.05) is 30.4 Å². The molecule has 0 aliphatic carbocycles. The second-order valence-corrected chi connectivity index (χ2v) is 7.98. The van der Waals surface area contributed by atoms with Gasteiger partial charge in [-0.1, -0.05) is 28.1 Å². The maximum absolute atomic E-state index is 14.0. The van der Waals surface area contributed by atoms with E-state index >= 15 is 0 Å². The number of benzene rings is 2. The van der Waals surface area contributed by atoms with E-state index in [0.717, 1.165) is 22.1 Å². The normalized spacial score (nSPS) is 23.8. The van der Waals surface area contributed by atoms with Crippen molar-refractivity contribution in [2.24, 2.45) is 5.92 Å². The summed E-state index contributed by atoms with van der Waals surface area (Å²) in [5.41, 5.74) is 2.22. The zero-order valence-electron chi connectivity index (χ0n) is 14.9. The molecule has 0 spiro atoms. The molecule has 0 saturated carbocycles. The number of para-hydroxylation sites is 1. The Morgan fingerprint density at radius 1 is 1.33 bits per heavy atom. The fourth-order valence-corrected chi connectivity index (χ4v) is 4.78. The SMILES string of the molecule is CN1c2ccc(Br)cc2[C@H]2[C@H](CCN2C(=O)Nc2ccccc2F)[C@H]1CO. The molecule has 0 bridgehead atoms. The number of likely N-dealkylation sites (tertiary alicyclic amines) is 1. The van der Waals surface area contributed by atoms with Gasteiger partial charge in [-0.2, -0.15) is 0 Å². The molecule has 2 heterocycles. The molecule has 2 aromatic rings. The largest absolute Gasteiger partial charge is 0.394 e. The van der Waals surface area contributed by atoms with Crippen molar-refractivity contribution in [1.29, 1.82) is 0 Å². The van der Waals surface area contributed by atoms with E-state index in [2.05, 4.69) is 26.1 Å². The monoisotopic (exact) mass is 433 g/mol. The van der Waals surface area contributed by atoms with Gasteiger partial charge in [0.05, 0.1) is 24.4 Å². The fourth-order valence-electron chi connectivity index (χ4n) is 4.40. The van der Waals surface area contributed by atoms with Crippen LogP contribution in [0.15, 0.2) is 46.9 Å². The van der Waals surface area contributed by atoms with Crippen LogP contribution >= 0.6 is 15.9 Å². The number of amides is 2. The number of urea groups is 1. The summed E-state index contributed by atoms with van der Waals surface area (Å²) in [5, 5.41) is 12.7. The van der Waals surface area contributed by atoms with Crippen molar-refractivity contribution < 1.29 is 14.3 Å². The van der Waals surface area contributed by atoms with Gasteiger partial charge in [-0.3, -0.25) is 0 Å². The molecule has 0 unspecified atom stereocenters. The molecule has 2 N–H and O–H groups in total. The lowest BCUT2D eigenvalue weighted by Gasteiger charge is -2.44. The van der Waals surface area contributed by atoms with Gasteiger partial charge in [-0.25, -0.2) is 9.18 Å². The summed E-state index contributed by atoms with van der Waals surface area (Å²) in [6, 6.07) is 11.6. The molecule has 1 fully saturated rings. The Labute approximate surface area is 165 Å². The molecule has 4 rings (SSSR count). The first-order valence-electron chi connectivity index (χ1n) is 8.96. The number of hydrogen-bond donors (Lipinski definition) is 2. The Kier molecular flexibility index (Phi) is 4.82. The smallest absolute Gasteiger partial charge is 0.322 e. The van der Waals surface area contributed by atoms with E-state index < -0.39 is 5.82 Å². The van der Waals surface area contributed by atoms with Gasteiger partial charge in [0.1, 0.15) is 5.82 Å². The number of carbonyl (C=O) groups is 1. The quantitative estimate of drug-likeness (QED) is 0.752. The molecule has 2 aromatic carbocycles. The van der Waals surface area contributed by atoms with Crippen molar-refractivity contribution >= 4 is 33.3 Å². The van der Waals surface area contributed by atoms with Gasteiger partial charge in [0.15, 0.2) is 0 Å². The van der Waals surface area contributed by atoms with Gasteiger partial charge in [-0.15, -0.1) is 0 Å². The lowest BCUT2D eigenvalue weighted by Crippen LogP contribution is -2.48. The third kappa shape index (κ3) is 3.08.